The first-order valence-electron chi connectivity index (χ1n) is 2.95. The second-order valence-corrected chi connectivity index (χ2v) is 3.47. The molecule has 3 N–H and O–H groups in total. The van der Waals surface area contributed by atoms with Gasteiger partial charge in [-0.15, -0.1) is 12.4 Å². The lowest BCUT2D eigenvalue weighted by Gasteiger charge is -2.03. The molecule has 1 aliphatic rings. The van der Waals surface area contributed by atoms with Crippen molar-refractivity contribution < 1.29 is 9.90 Å². The first-order valence-corrected chi connectivity index (χ1v) is 3.86. The predicted octanol–water partition coefficient (Wildman–Crippen LogP) is 0.914. The number of halogens is 2. The third kappa shape index (κ3) is 2.47. The summed E-state index contributed by atoms with van der Waals surface area (Å²) < 4.78 is 0. The molecule has 64 valence electrons. The van der Waals surface area contributed by atoms with E-state index in [9.17, 15) is 4.79 Å². The minimum Gasteiger partial charge on any atom is -0.478 e. The smallest absolute Gasteiger partial charge is 0.331 e. The molecule has 1 aliphatic carbocycles. The van der Waals surface area contributed by atoms with Gasteiger partial charge in [-0.25, -0.2) is 4.79 Å². The fourth-order valence-corrected chi connectivity index (χ4v) is 1.41. The number of hydrogen-bond acceptors (Lipinski definition) is 2. The van der Waals surface area contributed by atoms with Crippen molar-refractivity contribution in [3.8, 4) is 0 Å². The van der Waals surface area contributed by atoms with E-state index >= 15 is 0 Å². The standard InChI is InChI=1S/C6H8BrNO2.ClH/c7-4-1-3(6(9)10)2-5(4)8;/h2,4-5H,1,8H2,(H,9,10);1H/t4-,5-;/m0./s1. The molecule has 0 aromatic carbocycles. The van der Waals surface area contributed by atoms with E-state index in [-0.39, 0.29) is 23.3 Å². The number of carboxylic acid groups (broad SMARTS) is 1. The van der Waals surface area contributed by atoms with Gasteiger partial charge in [-0.1, -0.05) is 22.0 Å². The largest absolute Gasteiger partial charge is 0.478 e. The van der Waals surface area contributed by atoms with Crippen LogP contribution >= 0.6 is 28.3 Å². The normalized spacial score (nSPS) is 29.1. The maximum absolute atomic E-state index is 10.3. The molecule has 0 unspecified atom stereocenters. The second-order valence-electron chi connectivity index (χ2n) is 2.29. The number of carbonyl (C=O) groups is 1. The summed E-state index contributed by atoms with van der Waals surface area (Å²) in [6.07, 6.45) is 2.11. The van der Waals surface area contributed by atoms with Crippen molar-refractivity contribution in [3.05, 3.63) is 11.6 Å². The third-order valence-corrected chi connectivity index (χ3v) is 2.44. The average molecular weight is 242 g/mol. The molecular weight excluding hydrogens is 233 g/mol. The fraction of sp³-hybridized carbons (Fsp3) is 0.500. The van der Waals surface area contributed by atoms with Crippen LogP contribution in [0.15, 0.2) is 11.6 Å². The van der Waals surface area contributed by atoms with E-state index in [0.29, 0.717) is 12.0 Å². The molecule has 0 radical (unpaired) electrons. The lowest BCUT2D eigenvalue weighted by Crippen LogP contribution is -2.23. The monoisotopic (exact) mass is 241 g/mol. The summed E-state index contributed by atoms with van der Waals surface area (Å²) in [6.45, 7) is 0. The Hall–Kier alpha value is -0.0600. The summed E-state index contributed by atoms with van der Waals surface area (Å²) in [7, 11) is 0. The van der Waals surface area contributed by atoms with Gasteiger partial charge in [-0.05, 0) is 6.42 Å². The molecule has 0 bridgehead atoms. The van der Waals surface area contributed by atoms with Crippen molar-refractivity contribution in [2.24, 2.45) is 5.73 Å². The van der Waals surface area contributed by atoms with E-state index in [1.54, 1.807) is 6.08 Å². The lowest BCUT2D eigenvalue weighted by molar-refractivity contribution is -0.132. The summed E-state index contributed by atoms with van der Waals surface area (Å²) in [4.78, 5) is 10.4. The Morgan fingerprint density at radius 2 is 2.36 bits per heavy atom. The van der Waals surface area contributed by atoms with Crippen molar-refractivity contribution in [1.29, 1.82) is 0 Å². The first kappa shape index (κ1) is 10.9. The SMILES string of the molecule is Cl.N[C@H]1C=C(C(=O)O)C[C@@H]1Br. The number of nitrogens with two attached hydrogens (primary N) is 1. The summed E-state index contributed by atoms with van der Waals surface area (Å²) in [5, 5.41) is 8.50. The van der Waals surface area contributed by atoms with Gasteiger partial charge in [0.1, 0.15) is 0 Å². The van der Waals surface area contributed by atoms with Crippen molar-refractivity contribution in [1.82, 2.24) is 0 Å². The van der Waals surface area contributed by atoms with Gasteiger partial charge in [0, 0.05) is 16.4 Å². The second kappa shape index (κ2) is 4.09. The van der Waals surface area contributed by atoms with Crippen LogP contribution in [0.4, 0.5) is 0 Å². The first-order chi connectivity index (χ1) is 4.61. The Kier molecular flexibility index (Phi) is 4.07. The van der Waals surface area contributed by atoms with Gasteiger partial charge in [0.05, 0.1) is 0 Å². The van der Waals surface area contributed by atoms with Gasteiger partial charge >= 0.3 is 5.97 Å². The zero-order valence-electron chi connectivity index (χ0n) is 5.66. The number of hydrogen-bond donors (Lipinski definition) is 2. The number of aliphatic carboxylic acids is 1. The van der Waals surface area contributed by atoms with E-state index in [1.807, 2.05) is 0 Å². The molecule has 0 fully saturated rings. The van der Waals surface area contributed by atoms with E-state index in [0.717, 1.165) is 0 Å². The number of carboxylic acids is 1. The van der Waals surface area contributed by atoms with Crippen LogP contribution in [0.1, 0.15) is 6.42 Å². The highest BCUT2D eigenvalue weighted by Gasteiger charge is 2.25. The molecule has 0 saturated carbocycles. The van der Waals surface area contributed by atoms with Gasteiger partial charge in [0.25, 0.3) is 0 Å². The Balaban J connectivity index is 0.000001000. The van der Waals surface area contributed by atoms with Crippen LogP contribution in [0.3, 0.4) is 0 Å². The Labute approximate surface area is 79.2 Å². The van der Waals surface area contributed by atoms with Crippen LogP contribution in [0.5, 0.6) is 0 Å². The maximum atomic E-state index is 10.3. The molecule has 0 spiro atoms. The van der Waals surface area contributed by atoms with Gasteiger partial charge in [0.2, 0.25) is 0 Å². The molecule has 0 saturated heterocycles. The zero-order valence-corrected chi connectivity index (χ0v) is 8.06. The van der Waals surface area contributed by atoms with E-state index < -0.39 is 5.97 Å². The molecule has 1 rings (SSSR count). The highest BCUT2D eigenvalue weighted by atomic mass is 79.9. The summed E-state index contributed by atoms with van der Waals surface area (Å²) >= 11 is 3.27. The Morgan fingerprint density at radius 3 is 2.55 bits per heavy atom. The summed E-state index contributed by atoms with van der Waals surface area (Å²) in [6, 6.07) is -0.147. The number of rotatable bonds is 1. The predicted molar refractivity (Wildman–Crippen MR) is 48.3 cm³/mol. The highest BCUT2D eigenvalue weighted by molar-refractivity contribution is 9.09. The number of alkyl halides is 1. The van der Waals surface area contributed by atoms with Crippen molar-refractivity contribution in [2.75, 3.05) is 0 Å². The van der Waals surface area contributed by atoms with Crippen molar-refractivity contribution in [2.45, 2.75) is 17.3 Å². The van der Waals surface area contributed by atoms with Crippen molar-refractivity contribution >= 4 is 34.3 Å². The summed E-state index contributed by atoms with van der Waals surface area (Å²) in [5.41, 5.74) is 5.93. The van der Waals surface area contributed by atoms with E-state index in [2.05, 4.69) is 15.9 Å². The van der Waals surface area contributed by atoms with Crippen molar-refractivity contribution in [3.63, 3.8) is 0 Å². The van der Waals surface area contributed by atoms with Crippen LogP contribution in [0.25, 0.3) is 0 Å². The third-order valence-electron chi connectivity index (χ3n) is 1.50. The molecule has 0 amide bonds. The van der Waals surface area contributed by atoms with Crippen LogP contribution in [0, 0.1) is 0 Å². The average Bonchev–Trinajstić information content (AvgIpc) is 2.13. The molecule has 11 heavy (non-hydrogen) atoms. The van der Waals surface area contributed by atoms with Gasteiger partial charge < -0.3 is 10.8 Å². The van der Waals surface area contributed by atoms with E-state index in [4.69, 9.17) is 10.8 Å². The molecule has 0 aromatic rings. The fourth-order valence-electron chi connectivity index (χ4n) is 0.910. The van der Waals surface area contributed by atoms with Crippen LogP contribution in [-0.4, -0.2) is 21.9 Å². The van der Waals surface area contributed by atoms with Crippen LogP contribution in [-0.2, 0) is 4.79 Å². The van der Waals surface area contributed by atoms with Crippen LogP contribution < -0.4 is 5.73 Å². The molecule has 5 heteroatoms. The Bertz CT molecular complexity index is 195. The summed E-state index contributed by atoms with van der Waals surface area (Å²) in [5.74, 6) is -0.864. The molecule has 2 atom stereocenters. The zero-order chi connectivity index (χ0) is 7.72. The quantitative estimate of drug-likeness (QED) is 0.672. The lowest BCUT2D eigenvalue weighted by atomic mass is 10.2. The minimum absolute atomic E-state index is 0. The topological polar surface area (TPSA) is 63.3 Å². The van der Waals surface area contributed by atoms with E-state index in [1.165, 1.54) is 0 Å². The maximum Gasteiger partial charge on any atom is 0.331 e. The van der Waals surface area contributed by atoms with Gasteiger partial charge in [-0.2, -0.15) is 0 Å². The molecule has 0 aromatic heterocycles. The highest BCUT2D eigenvalue weighted by Crippen LogP contribution is 2.23. The molecule has 0 heterocycles. The minimum atomic E-state index is -0.864. The van der Waals surface area contributed by atoms with Gasteiger partial charge in [-0.3, -0.25) is 0 Å². The van der Waals surface area contributed by atoms with Crippen LogP contribution in [0.2, 0.25) is 0 Å². The van der Waals surface area contributed by atoms with Gasteiger partial charge in [0.15, 0.2) is 0 Å². The molecular formula is C6H9BrClNO2. The molecule has 0 aliphatic heterocycles. The Morgan fingerprint density at radius 1 is 1.82 bits per heavy atom. The molecule has 3 nitrogen and oxygen atoms in total.